The van der Waals surface area contributed by atoms with Crippen molar-refractivity contribution in [3.05, 3.63) is 29.6 Å². The Labute approximate surface area is 119 Å². The van der Waals surface area contributed by atoms with Gasteiger partial charge in [0.05, 0.1) is 18.3 Å². The van der Waals surface area contributed by atoms with Crippen LogP contribution >= 0.6 is 0 Å². The Hall–Kier alpha value is -1.42. The van der Waals surface area contributed by atoms with Crippen molar-refractivity contribution in [2.24, 2.45) is 11.3 Å². The zero-order valence-electron chi connectivity index (χ0n) is 11.8. The molecule has 0 radical (unpaired) electrons. The summed E-state index contributed by atoms with van der Waals surface area (Å²) < 4.78 is 5.62. The van der Waals surface area contributed by atoms with Gasteiger partial charge in [-0.15, -0.1) is 0 Å². The highest BCUT2D eigenvalue weighted by Crippen LogP contribution is 2.66. The maximum absolute atomic E-state index is 12.6. The summed E-state index contributed by atoms with van der Waals surface area (Å²) in [5.74, 6) is 0.575. The second kappa shape index (κ2) is 4.29. The summed E-state index contributed by atoms with van der Waals surface area (Å²) in [4.78, 5) is 18.9. The Kier molecular flexibility index (Phi) is 2.64. The van der Waals surface area contributed by atoms with Crippen LogP contribution in [0.4, 0.5) is 0 Å². The number of fused-ring (bicyclic) bond motifs is 1. The Balaban J connectivity index is 1.38. The lowest BCUT2D eigenvalue weighted by Crippen LogP contribution is -2.38. The van der Waals surface area contributed by atoms with Crippen LogP contribution in [-0.2, 0) is 22.6 Å². The summed E-state index contributed by atoms with van der Waals surface area (Å²) >= 11 is 0. The lowest BCUT2D eigenvalue weighted by Gasteiger charge is -2.36. The van der Waals surface area contributed by atoms with Gasteiger partial charge in [-0.2, -0.15) is 0 Å². The molecule has 106 valence electrons. The fourth-order valence-corrected chi connectivity index (χ4v) is 3.92. The van der Waals surface area contributed by atoms with Crippen molar-refractivity contribution in [2.75, 3.05) is 6.61 Å². The van der Waals surface area contributed by atoms with Gasteiger partial charge >= 0.3 is 0 Å². The largest absolute Gasteiger partial charge is 0.378 e. The van der Waals surface area contributed by atoms with E-state index < -0.39 is 0 Å². The SMILES string of the molecule is CCOC1CC2(C1)CC2C(=O)N1Cc2cccnc2C1. The first-order valence-corrected chi connectivity index (χ1v) is 7.55. The number of pyridine rings is 1. The lowest BCUT2D eigenvalue weighted by molar-refractivity contribution is -0.136. The first-order valence-electron chi connectivity index (χ1n) is 7.55. The molecule has 1 aromatic heterocycles. The molecule has 4 rings (SSSR count). The van der Waals surface area contributed by atoms with Gasteiger partial charge in [0.1, 0.15) is 0 Å². The molecule has 1 amide bonds. The standard InChI is InChI=1S/C16H20N2O2/c1-2-20-12-6-16(7-12)8-13(16)15(19)18-9-11-4-3-5-17-14(11)10-18/h3-5,12-13H,2,6-10H2,1H3. The van der Waals surface area contributed by atoms with Gasteiger partial charge in [0, 0.05) is 25.3 Å². The van der Waals surface area contributed by atoms with Crippen LogP contribution in [0.1, 0.15) is 37.4 Å². The molecule has 1 unspecified atom stereocenters. The predicted octanol–water partition coefficient (Wildman–Crippen LogP) is 2.13. The Morgan fingerprint density at radius 1 is 1.45 bits per heavy atom. The molecule has 1 aliphatic heterocycles. The van der Waals surface area contributed by atoms with Crippen LogP contribution in [0.15, 0.2) is 18.3 Å². The van der Waals surface area contributed by atoms with Gasteiger partial charge in [0.25, 0.3) is 0 Å². The second-order valence-corrected chi connectivity index (χ2v) is 6.41. The van der Waals surface area contributed by atoms with Crippen LogP contribution in [-0.4, -0.2) is 28.5 Å². The van der Waals surface area contributed by atoms with Crippen LogP contribution in [0.3, 0.4) is 0 Å². The van der Waals surface area contributed by atoms with Crippen molar-refractivity contribution in [1.29, 1.82) is 0 Å². The summed E-state index contributed by atoms with van der Waals surface area (Å²) in [5.41, 5.74) is 2.56. The van der Waals surface area contributed by atoms with E-state index in [2.05, 4.69) is 11.1 Å². The van der Waals surface area contributed by atoms with Gasteiger partial charge in [-0.25, -0.2) is 0 Å². The van der Waals surface area contributed by atoms with E-state index in [-0.39, 0.29) is 5.92 Å². The zero-order chi connectivity index (χ0) is 13.7. The number of nitrogens with zero attached hydrogens (tertiary/aromatic N) is 2. The van der Waals surface area contributed by atoms with Crippen molar-refractivity contribution in [3.63, 3.8) is 0 Å². The summed E-state index contributed by atoms with van der Waals surface area (Å²) in [6, 6.07) is 4.02. The maximum Gasteiger partial charge on any atom is 0.226 e. The van der Waals surface area contributed by atoms with E-state index in [0.29, 0.717) is 24.0 Å². The molecule has 2 fully saturated rings. The minimum atomic E-state index is 0.244. The molecule has 20 heavy (non-hydrogen) atoms. The normalized spacial score (nSPS) is 34.0. The lowest BCUT2D eigenvalue weighted by atomic mass is 9.76. The number of carbonyl (C=O) groups excluding carboxylic acids is 1. The molecule has 3 aliphatic rings. The molecule has 0 N–H and O–H groups in total. The number of hydrogen-bond acceptors (Lipinski definition) is 3. The average Bonchev–Trinajstić information content (AvgIpc) is 3.00. The first kappa shape index (κ1) is 12.3. The van der Waals surface area contributed by atoms with Gasteiger partial charge in [-0.3, -0.25) is 9.78 Å². The molecule has 4 heteroatoms. The third kappa shape index (κ3) is 1.78. The highest BCUT2D eigenvalue weighted by molar-refractivity contribution is 5.83. The van der Waals surface area contributed by atoms with Crippen molar-refractivity contribution in [3.8, 4) is 0 Å². The van der Waals surface area contributed by atoms with Crippen molar-refractivity contribution in [1.82, 2.24) is 9.88 Å². The quantitative estimate of drug-likeness (QED) is 0.846. The third-order valence-corrected chi connectivity index (χ3v) is 5.16. The topological polar surface area (TPSA) is 42.4 Å². The van der Waals surface area contributed by atoms with Crippen molar-refractivity contribution < 1.29 is 9.53 Å². The van der Waals surface area contributed by atoms with E-state index in [0.717, 1.165) is 38.1 Å². The molecule has 2 heterocycles. The van der Waals surface area contributed by atoms with Crippen molar-refractivity contribution in [2.45, 2.75) is 45.4 Å². The molecule has 1 aromatic rings. The van der Waals surface area contributed by atoms with Crippen molar-refractivity contribution >= 4 is 5.91 Å². The number of aromatic nitrogens is 1. The Morgan fingerprint density at radius 2 is 2.30 bits per heavy atom. The molecule has 2 saturated carbocycles. The van der Waals surface area contributed by atoms with E-state index in [1.165, 1.54) is 5.56 Å². The van der Waals surface area contributed by atoms with E-state index in [4.69, 9.17) is 4.74 Å². The van der Waals surface area contributed by atoms with Crippen LogP contribution in [0.25, 0.3) is 0 Å². The molecule has 0 saturated heterocycles. The molecular formula is C16H20N2O2. The summed E-state index contributed by atoms with van der Waals surface area (Å²) in [6.07, 6.45) is 5.43. The van der Waals surface area contributed by atoms with E-state index in [1.54, 1.807) is 0 Å². The maximum atomic E-state index is 12.6. The van der Waals surface area contributed by atoms with E-state index in [9.17, 15) is 4.79 Å². The van der Waals surface area contributed by atoms with Crippen LogP contribution in [0.2, 0.25) is 0 Å². The molecule has 2 aliphatic carbocycles. The summed E-state index contributed by atoms with van der Waals surface area (Å²) in [7, 11) is 0. The second-order valence-electron chi connectivity index (χ2n) is 6.41. The van der Waals surface area contributed by atoms with Gasteiger partial charge in [0.2, 0.25) is 5.91 Å². The van der Waals surface area contributed by atoms with Gasteiger partial charge in [-0.05, 0) is 43.2 Å². The number of hydrogen-bond donors (Lipinski definition) is 0. The highest BCUT2D eigenvalue weighted by Gasteiger charge is 2.65. The molecule has 1 spiro atoms. The molecule has 0 bridgehead atoms. The predicted molar refractivity (Wildman–Crippen MR) is 73.7 cm³/mol. The van der Waals surface area contributed by atoms with Crippen LogP contribution in [0.5, 0.6) is 0 Å². The molecular weight excluding hydrogens is 252 g/mol. The number of carbonyl (C=O) groups is 1. The molecule has 4 nitrogen and oxygen atoms in total. The monoisotopic (exact) mass is 272 g/mol. The number of ether oxygens (including phenoxy) is 1. The average molecular weight is 272 g/mol. The number of amides is 1. The van der Waals surface area contributed by atoms with Crippen LogP contribution in [0, 0.1) is 11.3 Å². The van der Waals surface area contributed by atoms with Gasteiger partial charge in [0.15, 0.2) is 0 Å². The fourth-order valence-electron chi connectivity index (χ4n) is 3.92. The summed E-state index contributed by atoms with van der Waals surface area (Å²) in [5, 5.41) is 0. The third-order valence-electron chi connectivity index (χ3n) is 5.16. The summed E-state index contributed by atoms with van der Waals surface area (Å²) in [6.45, 7) is 4.25. The fraction of sp³-hybridized carbons (Fsp3) is 0.625. The van der Waals surface area contributed by atoms with Crippen LogP contribution < -0.4 is 0 Å². The van der Waals surface area contributed by atoms with E-state index in [1.807, 2.05) is 24.1 Å². The van der Waals surface area contributed by atoms with Gasteiger partial charge in [-0.1, -0.05) is 6.07 Å². The van der Waals surface area contributed by atoms with Gasteiger partial charge < -0.3 is 9.64 Å². The zero-order valence-corrected chi connectivity index (χ0v) is 11.8. The number of rotatable bonds is 3. The minimum Gasteiger partial charge on any atom is -0.378 e. The first-order chi connectivity index (χ1) is 9.72. The Morgan fingerprint density at radius 3 is 3.05 bits per heavy atom. The highest BCUT2D eigenvalue weighted by atomic mass is 16.5. The molecule has 1 atom stereocenters. The van der Waals surface area contributed by atoms with E-state index >= 15 is 0 Å². The smallest absolute Gasteiger partial charge is 0.226 e. The Bertz CT molecular complexity index is 526. The minimum absolute atomic E-state index is 0.244. The molecule has 0 aromatic carbocycles.